The number of ether oxygens (including phenoxy) is 1. The lowest BCUT2D eigenvalue weighted by Gasteiger charge is -2.35. The van der Waals surface area contributed by atoms with Crippen LogP contribution in [0.4, 0.5) is 0 Å². The number of hydrogen-bond donors (Lipinski definition) is 0. The van der Waals surface area contributed by atoms with Crippen molar-refractivity contribution in [1.82, 2.24) is 0 Å². The first-order chi connectivity index (χ1) is 7.02. The van der Waals surface area contributed by atoms with Crippen molar-refractivity contribution in [2.45, 2.75) is 40.0 Å². The molecule has 2 nitrogen and oxygen atoms in total. The Hall–Kier alpha value is -0.370. The Labute approximate surface area is 92.4 Å². The van der Waals surface area contributed by atoms with Crippen LogP contribution in [0.25, 0.3) is 0 Å². The van der Waals surface area contributed by atoms with Crippen LogP contribution in [0.1, 0.15) is 40.0 Å². The van der Waals surface area contributed by atoms with Crippen molar-refractivity contribution in [3.8, 4) is 0 Å². The molecule has 3 atom stereocenters. The van der Waals surface area contributed by atoms with Gasteiger partial charge >= 0.3 is 0 Å². The summed E-state index contributed by atoms with van der Waals surface area (Å²) in [6.07, 6.45) is 4.74. The molecule has 2 saturated carbocycles. The third-order valence-electron chi connectivity index (χ3n) is 5.27. The summed E-state index contributed by atoms with van der Waals surface area (Å²) in [4.78, 5) is 10.1. The number of rotatable bonds is 5. The van der Waals surface area contributed by atoms with E-state index < -0.39 is 0 Å². The van der Waals surface area contributed by atoms with Crippen LogP contribution >= 0.6 is 0 Å². The van der Waals surface area contributed by atoms with Gasteiger partial charge in [-0.25, -0.2) is 0 Å². The summed E-state index contributed by atoms with van der Waals surface area (Å²) in [5, 5.41) is 0. The van der Waals surface area contributed by atoms with Crippen LogP contribution in [0.2, 0.25) is 0 Å². The molecule has 0 aromatic heterocycles. The molecule has 0 amide bonds. The van der Waals surface area contributed by atoms with E-state index in [0.29, 0.717) is 10.8 Å². The highest BCUT2D eigenvalue weighted by atomic mass is 16.5. The fourth-order valence-corrected chi connectivity index (χ4v) is 3.53. The standard InChI is InChI=1S/C13H22O2/c1-12(2)10(4-6-15-7-5-14)8-11-9-13(11,12)3/h5,10-11H,4,6-9H2,1-3H3/t10-,11?,13?/m0/s1. The average molecular weight is 210 g/mol. The molecule has 0 spiro atoms. The van der Waals surface area contributed by atoms with Crippen molar-refractivity contribution >= 4 is 6.29 Å². The van der Waals surface area contributed by atoms with Crippen LogP contribution in [0.3, 0.4) is 0 Å². The van der Waals surface area contributed by atoms with Crippen molar-refractivity contribution in [2.24, 2.45) is 22.7 Å². The summed E-state index contributed by atoms with van der Waals surface area (Å²) in [6.45, 7) is 8.25. The van der Waals surface area contributed by atoms with Crippen molar-refractivity contribution in [3.05, 3.63) is 0 Å². The van der Waals surface area contributed by atoms with Crippen molar-refractivity contribution in [2.75, 3.05) is 13.2 Å². The summed E-state index contributed by atoms with van der Waals surface area (Å²) in [7, 11) is 0. The zero-order valence-corrected chi connectivity index (χ0v) is 10.1. The van der Waals surface area contributed by atoms with E-state index in [0.717, 1.165) is 31.1 Å². The lowest BCUT2D eigenvalue weighted by molar-refractivity contribution is -0.112. The number of carbonyl (C=O) groups is 1. The predicted octanol–water partition coefficient (Wildman–Crippen LogP) is 2.66. The third-order valence-corrected chi connectivity index (χ3v) is 5.27. The van der Waals surface area contributed by atoms with Gasteiger partial charge in [0.05, 0.1) is 0 Å². The molecule has 0 aromatic rings. The molecule has 0 bridgehead atoms. The van der Waals surface area contributed by atoms with Crippen molar-refractivity contribution < 1.29 is 9.53 Å². The van der Waals surface area contributed by atoms with Crippen LogP contribution in [0, 0.1) is 22.7 Å². The van der Waals surface area contributed by atoms with Gasteiger partial charge in [-0.3, -0.25) is 0 Å². The minimum absolute atomic E-state index is 0.258. The second-order valence-electron chi connectivity index (χ2n) is 6.00. The van der Waals surface area contributed by atoms with Gasteiger partial charge in [-0.15, -0.1) is 0 Å². The van der Waals surface area contributed by atoms with Crippen molar-refractivity contribution in [1.29, 1.82) is 0 Å². The number of aldehydes is 1. The smallest absolute Gasteiger partial charge is 0.145 e. The summed E-state index contributed by atoms with van der Waals surface area (Å²) in [6, 6.07) is 0. The van der Waals surface area contributed by atoms with E-state index >= 15 is 0 Å². The van der Waals surface area contributed by atoms with Crippen LogP contribution in [-0.4, -0.2) is 19.5 Å². The van der Waals surface area contributed by atoms with Crippen molar-refractivity contribution in [3.63, 3.8) is 0 Å². The SMILES string of the molecule is CC12CC1C[C@H](CCOCC=O)C2(C)C. The molecule has 2 unspecified atom stereocenters. The third kappa shape index (κ3) is 1.63. The molecule has 0 heterocycles. The van der Waals surface area contributed by atoms with Gasteiger partial charge in [0, 0.05) is 6.61 Å². The molecular formula is C13H22O2. The number of hydrogen-bond acceptors (Lipinski definition) is 2. The first kappa shape index (κ1) is 11.1. The van der Waals surface area contributed by atoms with Gasteiger partial charge in [0.1, 0.15) is 12.9 Å². The first-order valence-corrected chi connectivity index (χ1v) is 6.04. The zero-order valence-electron chi connectivity index (χ0n) is 10.1. The van der Waals surface area contributed by atoms with Gasteiger partial charge in [-0.2, -0.15) is 0 Å². The van der Waals surface area contributed by atoms with E-state index in [-0.39, 0.29) is 6.61 Å². The second-order valence-corrected chi connectivity index (χ2v) is 6.00. The highest BCUT2D eigenvalue weighted by Crippen LogP contribution is 2.74. The van der Waals surface area contributed by atoms with Gasteiger partial charge in [-0.1, -0.05) is 20.8 Å². The van der Waals surface area contributed by atoms with Crippen LogP contribution in [0.5, 0.6) is 0 Å². The normalized spacial score (nSPS) is 41.3. The molecule has 2 heteroatoms. The maximum absolute atomic E-state index is 10.1. The summed E-state index contributed by atoms with van der Waals surface area (Å²) < 4.78 is 5.25. The molecular weight excluding hydrogens is 188 g/mol. The Morgan fingerprint density at radius 1 is 1.40 bits per heavy atom. The summed E-state index contributed by atoms with van der Waals surface area (Å²) >= 11 is 0. The predicted molar refractivity (Wildman–Crippen MR) is 59.6 cm³/mol. The van der Waals surface area contributed by atoms with E-state index in [1.54, 1.807) is 0 Å². The fraction of sp³-hybridized carbons (Fsp3) is 0.923. The maximum atomic E-state index is 10.1. The topological polar surface area (TPSA) is 26.3 Å². The molecule has 0 aliphatic heterocycles. The molecule has 0 saturated heterocycles. The highest BCUT2D eigenvalue weighted by molar-refractivity contribution is 5.50. The Bertz CT molecular complexity index is 259. The average Bonchev–Trinajstić information content (AvgIpc) is 2.79. The van der Waals surface area contributed by atoms with Crippen LogP contribution in [-0.2, 0) is 9.53 Å². The van der Waals surface area contributed by atoms with Crippen LogP contribution < -0.4 is 0 Å². The Balaban J connectivity index is 1.82. The second kappa shape index (κ2) is 3.58. The summed E-state index contributed by atoms with van der Waals surface area (Å²) in [5.41, 5.74) is 1.06. The Morgan fingerprint density at radius 3 is 2.67 bits per heavy atom. The largest absolute Gasteiger partial charge is 0.374 e. The van der Waals surface area contributed by atoms with Gasteiger partial charge in [0.2, 0.25) is 0 Å². The fourth-order valence-electron chi connectivity index (χ4n) is 3.53. The molecule has 2 aliphatic carbocycles. The van der Waals surface area contributed by atoms with Gasteiger partial charge in [-0.05, 0) is 41.9 Å². The molecule has 0 radical (unpaired) electrons. The van der Waals surface area contributed by atoms with E-state index in [1.165, 1.54) is 12.8 Å². The van der Waals surface area contributed by atoms with Gasteiger partial charge in [0.25, 0.3) is 0 Å². The minimum Gasteiger partial charge on any atom is -0.374 e. The minimum atomic E-state index is 0.258. The van der Waals surface area contributed by atoms with E-state index in [9.17, 15) is 4.79 Å². The molecule has 0 aromatic carbocycles. The molecule has 15 heavy (non-hydrogen) atoms. The van der Waals surface area contributed by atoms with Gasteiger partial charge < -0.3 is 9.53 Å². The molecule has 2 aliphatic rings. The lowest BCUT2D eigenvalue weighted by atomic mass is 9.70. The Kier molecular flexibility index (Phi) is 2.66. The molecule has 0 N–H and O–H groups in total. The van der Waals surface area contributed by atoms with Crippen LogP contribution in [0.15, 0.2) is 0 Å². The highest BCUT2D eigenvalue weighted by Gasteiger charge is 2.66. The quantitative estimate of drug-likeness (QED) is 0.515. The number of fused-ring (bicyclic) bond motifs is 1. The lowest BCUT2D eigenvalue weighted by Crippen LogP contribution is -2.28. The zero-order chi connectivity index (χ0) is 11.1. The molecule has 2 fully saturated rings. The number of carbonyl (C=O) groups excluding carboxylic acids is 1. The van der Waals surface area contributed by atoms with E-state index in [2.05, 4.69) is 20.8 Å². The van der Waals surface area contributed by atoms with E-state index in [4.69, 9.17) is 4.74 Å². The molecule has 86 valence electrons. The first-order valence-electron chi connectivity index (χ1n) is 6.04. The monoisotopic (exact) mass is 210 g/mol. The van der Waals surface area contributed by atoms with E-state index in [1.807, 2.05) is 0 Å². The summed E-state index contributed by atoms with van der Waals surface area (Å²) in [5.74, 6) is 1.75. The Morgan fingerprint density at radius 2 is 2.13 bits per heavy atom. The van der Waals surface area contributed by atoms with Gasteiger partial charge in [0.15, 0.2) is 0 Å². The maximum Gasteiger partial charge on any atom is 0.145 e. The molecule has 2 rings (SSSR count).